The van der Waals surface area contributed by atoms with Crippen LogP contribution in [0.2, 0.25) is 0 Å². The second-order valence-corrected chi connectivity index (χ2v) is 11.8. The lowest BCUT2D eigenvalue weighted by atomic mass is 10.0. The van der Waals surface area contributed by atoms with E-state index in [4.69, 9.17) is 4.74 Å². The van der Waals surface area contributed by atoms with Crippen LogP contribution in [0.3, 0.4) is 0 Å². The smallest absolute Gasteiger partial charge is 0.335 e. The molecule has 0 aliphatic rings. The molecule has 4 aromatic rings. The number of nitrogens with one attached hydrogen (secondary N) is 1. The van der Waals surface area contributed by atoms with Crippen molar-refractivity contribution in [3.05, 3.63) is 95.2 Å². The van der Waals surface area contributed by atoms with Gasteiger partial charge in [-0.05, 0) is 72.0 Å². The maximum absolute atomic E-state index is 13.1. The summed E-state index contributed by atoms with van der Waals surface area (Å²) < 4.78 is 35.9. The van der Waals surface area contributed by atoms with Gasteiger partial charge in [0.15, 0.2) is 0 Å². The molecule has 1 aromatic heterocycles. The monoisotopic (exact) mass is 588 g/mol. The number of nitrogens with zero attached hydrogens (tertiary/aromatic N) is 1. The van der Waals surface area contributed by atoms with Crippen molar-refractivity contribution in [2.45, 2.75) is 50.6 Å². The zero-order valence-electron chi connectivity index (χ0n) is 23.5. The van der Waals surface area contributed by atoms with Crippen molar-refractivity contribution in [3.63, 3.8) is 0 Å². The predicted molar refractivity (Wildman–Crippen MR) is 159 cm³/mol. The second-order valence-electron chi connectivity index (χ2n) is 10.1. The van der Waals surface area contributed by atoms with E-state index in [0.717, 1.165) is 5.56 Å². The van der Waals surface area contributed by atoms with E-state index in [0.29, 0.717) is 34.7 Å². The van der Waals surface area contributed by atoms with Gasteiger partial charge in [0.1, 0.15) is 18.4 Å². The van der Waals surface area contributed by atoms with Crippen LogP contribution in [0.25, 0.3) is 10.9 Å². The number of hydrogen-bond acceptors (Lipinski definition) is 5. The molecule has 4 rings (SSSR count). The van der Waals surface area contributed by atoms with Crippen LogP contribution in [0.15, 0.2) is 77.8 Å². The number of aromatic carboxylic acids is 1. The van der Waals surface area contributed by atoms with E-state index in [-0.39, 0.29) is 23.5 Å². The quantitative estimate of drug-likeness (QED) is 0.201. The number of aromatic nitrogens is 1. The minimum absolute atomic E-state index is 0.0440. The van der Waals surface area contributed by atoms with Crippen LogP contribution in [0, 0.1) is 11.8 Å². The topological polar surface area (TPSA) is 135 Å². The number of ether oxygens (including phenoxy) is 1. The Labute approximate surface area is 244 Å². The molecule has 42 heavy (non-hydrogen) atoms. The Kier molecular flexibility index (Phi) is 9.35. The summed E-state index contributed by atoms with van der Waals surface area (Å²) in [7, 11) is -4.21. The molecule has 3 aromatic carbocycles. The number of carboxylic acids is 2. The molecule has 0 spiro atoms. The first-order chi connectivity index (χ1) is 20.0. The largest absolute Gasteiger partial charge is 0.481 e. The van der Waals surface area contributed by atoms with Crippen molar-refractivity contribution < 1.29 is 33.0 Å². The number of fused-ring (bicyclic) bond motifs is 1. The van der Waals surface area contributed by atoms with Crippen molar-refractivity contribution in [1.29, 1.82) is 0 Å². The molecule has 9 nitrogen and oxygen atoms in total. The molecule has 0 amide bonds. The molecule has 0 saturated heterocycles. The molecule has 0 unspecified atom stereocenters. The molecule has 10 heteroatoms. The zero-order valence-corrected chi connectivity index (χ0v) is 24.3. The van der Waals surface area contributed by atoms with E-state index in [1.807, 2.05) is 16.7 Å². The SMILES string of the molecule is CC#CCOc1ccc(S(=O)(=O)N[C@@H](Cc2cn(Cc3ccc(C(C)C)cc3)c3ccc(C(=O)O)cc23)C(=O)O)cc1. The third-order valence-corrected chi connectivity index (χ3v) is 8.34. The molecule has 0 bridgehead atoms. The Morgan fingerprint density at radius 2 is 1.69 bits per heavy atom. The summed E-state index contributed by atoms with van der Waals surface area (Å²) in [5.41, 5.74) is 3.46. The van der Waals surface area contributed by atoms with Crippen LogP contribution in [0.1, 0.15) is 53.7 Å². The average molecular weight is 589 g/mol. The summed E-state index contributed by atoms with van der Waals surface area (Å²) in [6, 6.07) is 16.9. The van der Waals surface area contributed by atoms with Gasteiger partial charge < -0.3 is 19.5 Å². The van der Waals surface area contributed by atoms with Gasteiger partial charge in [0.05, 0.1) is 10.5 Å². The normalized spacial score (nSPS) is 12.1. The highest BCUT2D eigenvalue weighted by Crippen LogP contribution is 2.27. The third kappa shape index (κ3) is 7.18. The first-order valence-electron chi connectivity index (χ1n) is 13.3. The molecule has 0 aliphatic heterocycles. The van der Waals surface area contributed by atoms with Crippen LogP contribution in [-0.4, -0.2) is 47.8 Å². The number of rotatable bonds is 12. The number of carbonyl (C=O) groups is 2. The van der Waals surface area contributed by atoms with E-state index in [9.17, 15) is 28.2 Å². The molecule has 218 valence electrons. The van der Waals surface area contributed by atoms with Crippen LogP contribution >= 0.6 is 0 Å². The van der Waals surface area contributed by atoms with Gasteiger partial charge in [-0.25, -0.2) is 13.2 Å². The highest BCUT2D eigenvalue weighted by Gasteiger charge is 2.27. The van der Waals surface area contributed by atoms with E-state index in [1.54, 1.807) is 19.2 Å². The van der Waals surface area contributed by atoms with Crippen LogP contribution in [-0.2, 0) is 27.8 Å². The molecular formula is C32H32N2O7S. The van der Waals surface area contributed by atoms with E-state index >= 15 is 0 Å². The highest BCUT2D eigenvalue weighted by atomic mass is 32.2. The van der Waals surface area contributed by atoms with E-state index in [2.05, 4.69) is 42.5 Å². The lowest BCUT2D eigenvalue weighted by molar-refractivity contribution is -0.138. The van der Waals surface area contributed by atoms with Gasteiger partial charge in [0, 0.05) is 30.1 Å². The lowest BCUT2D eigenvalue weighted by Crippen LogP contribution is -2.42. The highest BCUT2D eigenvalue weighted by molar-refractivity contribution is 7.89. The van der Waals surface area contributed by atoms with Gasteiger partial charge in [-0.1, -0.05) is 44.0 Å². The van der Waals surface area contributed by atoms with Crippen molar-refractivity contribution in [2.24, 2.45) is 0 Å². The average Bonchev–Trinajstić information content (AvgIpc) is 3.29. The Balaban J connectivity index is 1.63. The van der Waals surface area contributed by atoms with Gasteiger partial charge in [-0.2, -0.15) is 4.72 Å². The van der Waals surface area contributed by atoms with Crippen LogP contribution < -0.4 is 9.46 Å². The molecule has 0 radical (unpaired) electrons. The molecule has 0 fully saturated rings. The summed E-state index contributed by atoms with van der Waals surface area (Å²) in [5.74, 6) is 3.77. The van der Waals surface area contributed by atoms with Crippen LogP contribution in [0.4, 0.5) is 0 Å². The van der Waals surface area contributed by atoms with Crippen molar-refractivity contribution in [1.82, 2.24) is 9.29 Å². The van der Waals surface area contributed by atoms with Gasteiger partial charge >= 0.3 is 11.9 Å². The summed E-state index contributed by atoms with van der Waals surface area (Å²) >= 11 is 0. The van der Waals surface area contributed by atoms with Gasteiger partial charge in [-0.15, -0.1) is 5.92 Å². The minimum Gasteiger partial charge on any atom is -0.481 e. The zero-order chi connectivity index (χ0) is 30.4. The molecular weight excluding hydrogens is 556 g/mol. The fraction of sp³-hybridized carbons (Fsp3) is 0.250. The summed E-state index contributed by atoms with van der Waals surface area (Å²) in [6.07, 6.45) is 1.55. The molecule has 0 saturated carbocycles. The number of sulfonamides is 1. The Morgan fingerprint density at radius 3 is 2.29 bits per heavy atom. The molecule has 3 N–H and O–H groups in total. The minimum atomic E-state index is -4.21. The Hall–Kier alpha value is -4.59. The number of hydrogen-bond donors (Lipinski definition) is 3. The van der Waals surface area contributed by atoms with Crippen molar-refractivity contribution in [2.75, 3.05) is 6.61 Å². The van der Waals surface area contributed by atoms with Crippen molar-refractivity contribution >= 4 is 32.9 Å². The third-order valence-electron chi connectivity index (χ3n) is 6.85. The summed E-state index contributed by atoms with van der Waals surface area (Å²) in [4.78, 5) is 23.8. The van der Waals surface area contributed by atoms with E-state index in [1.165, 1.54) is 42.0 Å². The van der Waals surface area contributed by atoms with Gasteiger partial charge in [0.2, 0.25) is 10.0 Å². The summed E-state index contributed by atoms with van der Waals surface area (Å²) in [5, 5.41) is 20.1. The first kappa shape index (κ1) is 30.4. The lowest BCUT2D eigenvalue weighted by Gasteiger charge is -2.15. The fourth-order valence-electron chi connectivity index (χ4n) is 4.56. The maximum Gasteiger partial charge on any atom is 0.335 e. The van der Waals surface area contributed by atoms with Gasteiger partial charge in [0.25, 0.3) is 0 Å². The first-order valence-corrected chi connectivity index (χ1v) is 14.8. The second kappa shape index (κ2) is 12.9. The number of benzene rings is 3. The molecule has 1 heterocycles. The standard InChI is InChI=1S/C32H32N2O7S/c1-4-5-16-41-26-11-13-27(14-12-26)42(39,40)33-29(32(37)38)18-25-20-34(19-22-6-8-23(9-7-22)21(2)3)30-15-10-24(31(35)36)17-28(25)30/h6-15,17,20-21,29,33H,16,18-19H2,1-3H3,(H,35,36)(H,37,38)/t29-/m0/s1. The molecule has 0 aliphatic carbocycles. The Bertz CT molecular complexity index is 1760. The van der Waals surface area contributed by atoms with E-state index < -0.39 is 28.0 Å². The summed E-state index contributed by atoms with van der Waals surface area (Å²) in [6.45, 7) is 6.52. The predicted octanol–water partition coefficient (Wildman–Crippen LogP) is 4.89. The van der Waals surface area contributed by atoms with Crippen LogP contribution in [0.5, 0.6) is 5.75 Å². The molecule has 1 atom stereocenters. The fourth-order valence-corrected chi connectivity index (χ4v) is 5.75. The van der Waals surface area contributed by atoms with Crippen molar-refractivity contribution in [3.8, 4) is 17.6 Å². The maximum atomic E-state index is 13.1. The Morgan fingerprint density at radius 1 is 1.00 bits per heavy atom. The van der Waals surface area contributed by atoms with Gasteiger partial charge in [-0.3, -0.25) is 4.79 Å². The number of aliphatic carboxylic acids is 1. The number of carboxylic acid groups (broad SMARTS) is 2.